The fraction of sp³-hybridized carbons (Fsp3) is 0.214. The second kappa shape index (κ2) is 8.64. The molecule has 6 rings (SSSR count). The first-order chi connectivity index (χ1) is 17.6. The Hall–Kier alpha value is -4.46. The molecule has 0 spiro atoms. The highest BCUT2D eigenvalue weighted by Gasteiger charge is 2.41. The van der Waals surface area contributed by atoms with E-state index >= 15 is 0 Å². The minimum Gasteiger partial charge on any atom is -0.493 e. The molecular weight excluding hydrogens is 456 g/mol. The van der Waals surface area contributed by atoms with Gasteiger partial charge in [-0.3, -0.25) is 0 Å². The van der Waals surface area contributed by atoms with E-state index in [0.717, 1.165) is 33.7 Å². The minimum atomic E-state index is -0.459. The number of para-hydroxylation sites is 1. The third-order valence-corrected chi connectivity index (χ3v) is 6.70. The zero-order valence-electron chi connectivity index (χ0n) is 20.5. The van der Waals surface area contributed by atoms with Crippen molar-refractivity contribution < 1.29 is 18.9 Å². The molecule has 0 fully saturated rings. The Labute approximate surface area is 209 Å². The van der Waals surface area contributed by atoms with Crippen molar-refractivity contribution in [2.75, 3.05) is 26.6 Å². The Bertz CT molecular complexity index is 1450. The fourth-order valence-electron chi connectivity index (χ4n) is 5.01. The predicted molar refractivity (Wildman–Crippen MR) is 136 cm³/mol. The fourth-order valence-corrected chi connectivity index (χ4v) is 5.01. The normalized spacial score (nSPS) is 17.8. The number of nitrogens with zero attached hydrogens (tertiary/aromatic N) is 3. The molecule has 3 aromatic carbocycles. The van der Waals surface area contributed by atoms with Crippen LogP contribution in [-0.4, -0.2) is 36.1 Å². The molecule has 0 bridgehead atoms. The molecule has 0 unspecified atom stereocenters. The van der Waals surface area contributed by atoms with Crippen molar-refractivity contribution in [1.29, 1.82) is 0 Å². The first kappa shape index (κ1) is 22.0. The molecular formula is C28H26N4O4. The maximum absolute atomic E-state index is 6.72. The van der Waals surface area contributed by atoms with Crippen LogP contribution in [0.5, 0.6) is 23.0 Å². The number of aryl methyl sites for hydroxylation is 1. The van der Waals surface area contributed by atoms with Gasteiger partial charge in [0.25, 0.3) is 0 Å². The summed E-state index contributed by atoms with van der Waals surface area (Å²) in [4.78, 5) is 4.50. The number of ether oxygens (including phenoxy) is 4. The van der Waals surface area contributed by atoms with Crippen LogP contribution < -0.4 is 24.3 Å². The highest BCUT2D eigenvalue weighted by Crippen LogP contribution is 2.52. The van der Waals surface area contributed by atoms with E-state index < -0.39 is 6.10 Å². The smallest absolute Gasteiger partial charge is 0.226 e. The van der Waals surface area contributed by atoms with E-state index in [4.69, 9.17) is 18.9 Å². The molecule has 2 aliphatic rings. The maximum Gasteiger partial charge on any atom is 0.226 e. The lowest BCUT2D eigenvalue weighted by molar-refractivity contribution is 0.221. The lowest BCUT2D eigenvalue weighted by Gasteiger charge is -2.39. The second-order valence-corrected chi connectivity index (χ2v) is 8.75. The van der Waals surface area contributed by atoms with Crippen molar-refractivity contribution in [2.24, 2.45) is 0 Å². The Morgan fingerprint density at radius 2 is 1.61 bits per heavy atom. The summed E-state index contributed by atoms with van der Waals surface area (Å²) in [6.07, 6.45) is 1.11. The van der Waals surface area contributed by atoms with E-state index in [1.54, 1.807) is 27.7 Å². The molecule has 0 radical (unpaired) electrons. The number of hydrogen-bond donors (Lipinski definition) is 1. The van der Waals surface area contributed by atoms with Gasteiger partial charge in [0.15, 0.2) is 11.5 Å². The molecule has 1 N–H and O–H groups in total. The summed E-state index contributed by atoms with van der Waals surface area (Å²) in [7, 11) is 4.82. The van der Waals surface area contributed by atoms with Gasteiger partial charge in [0.2, 0.25) is 11.7 Å². The van der Waals surface area contributed by atoms with Crippen molar-refractivity contribution in [3.05, 3.63) is 94.8 Å². The summed E-state index contributed by atoms with van der Waals surface area (Å²) < 4.78 is 25.5. The van der Waals surface area contributed by atoms with Gasteiger partial charge in [0.1, 0.15) is 24.2 Å². The molecule has 0 saturated carbocycles. The summed E-state index contributed by atoms with van der Waals surface area (Å²) in [5.41, 5.74) is 6.09. The minimum absolute atomic E-state index is 0.239. The number of methoxy groups -OCH3 is 3. The van der Waals surface area contributed by atoms with Gasteiger partial charge in [-0.2, -0.15) is 10.1 Å². The van der Waals surface area contributed by atoms with Crippen LogP contribution in [0, 0.1) is 6.92 Å². The molecule has 2 atom stereocenters. The first-order valence-electron chi connectivity index (χ1n) is 11.7. The third kappa shape index (κ3) is 3.37. The van der Waals surface area contributed by atoms with Gasteiger partial charge in [-0.15, -0.1) is 0 Å². The van der Waals surface area contributed by atoms with E-state index in [2.05, 4.69) is 52.7 Å². The van der Waals surface area contributed by atoms with Crippen LogP contribution in [0.25, 0.3) is 5.70 Å². The molecule has 2 aliphatic heterocycles. The summed E-state index contributed by atoms with van der Waals surface area (Å²) in [5.74, 6) is 3.12. The zero-order chi connectivity index (χ0) is 24.8. The lowest BCUT2D eigenvalue weighted by Crippen LogP contribution is -2.32. The van der Waals surface area contributed by atoms with Crippen LogP contribution in [0.2, 0.25) is 0 Å². The number of benzene rings is 3. The summed E-state index contributed by atoms with van der Waals surface area (Å²) >= 11 is 0. The van der Waals surface area contributed by atoms with Crippen molar-refractivity contribution in [3.8, 4) is 23.0 Å². The Morgan fingerprint density at radius 1 is 0.889 bits per heavy atom. The highest BCUT2D eigenvalue weighted by molar-refractivity contribution is 5.85. The maximum atomic E-state index is 6.72. The number of fused-ring (bicyclic) bond motifs is 3. The molecule has 0 amide bonds. The average Bonchev–Trinajstić information content (AvgIpc) is 3.39. The number of nitrogens with one attached hydrogen (secondary N) is 1. The van der Waals surface area contributed by atoms with Crippen molar-refractivity contribution in [2.45, 2.75) is 19.1 Å². The molecule has 8 nitrogen and oxygen atoms in total. The first-order valence-corrected chi connectivity index (χ1v) is 11.7. The topological polar surface area (TPSA) is 79.7 Å². The Balaban J connectivity index is 1.62. The van der Waals surface area contributed by atoms with E-state index in [-0.39, 0.29) is 6.04 Å². The third-order valence-electron chi connectivity index (χ3n) is 6.70. The van der Waals surface area contributed by atoms with Crippen LogP contribution in [0.3, 0.4) is 0 Å². The van der Waals surface area contributed by atoms with Crippen LogP contribution >= 0.6 is 0 Å². The molecule has 3 heterocycles. The number of anilines is 1. The summed E-state index contributed by atoms with van der Waals surface area (Å²) in [5, 5.41) is 8.12. The molecule has 36 heavy (non-hydrogen) atoms. The van der Waals surface area contributed by atoms with Gasteiger partial charge in [-0.05, 0) is 36.8 Å². The van der Waals surface area contributed by atoms with Gasteiger partial charge in [0, 0.05) is 16.7 Å². The Morgan fingerprint density at radius 3 is 2.31 bits per heavy atom. The van der Waals surface area contributed by atoms with Gasteiger partial charge in [-0.1, -0.05) is 42.0 Å². The van der Waals surface area contributed by atoms with Crippen LogP contribution in [0.4, 0.5) is 5.95 Å². The van der Waals surface area contributed by atoms with E-state index in [1.165, 1.54) is 5.56 Å². The molecule has 182 valence electrons. The highest BCUT2D eigenvalue weighted by atomic mass is 16.5. The largest absolute Gasteiger partial charge is 0.493 e. The average molecular weight is 483 g/mol. The second-order valence-electron chi connectivity index (χ2n) is 8.75. The predicted octanol–water partition coefficient (Wildman–Crippen LogP) is 5.17. The quantitative estimate of drug-likeness (QED) is 0.420. The van der Waals surface area contributed by atoms with Gasteiger partial charge in [0.05, 0.1) is 27.0 Å². The number of hydrogen-bond acceptors (Lipinski definition) is 7. The SMILES string of the molecule is COc1cc([C@H]2Oc3ccccc3C3=C2[C@@H](c2ccc(C)cc2)n2ncnc2N3)cc(OC)c1OC. The van der Waals surface area contributed by atoms with Crippen LogP contribution in [0.1, 0.15) is 34.4 Å². The summed E-state index contributed by atoms with van der Waals surface area (Å²) in [6.45, 7) is 2.08. The van der Waals surface area contributed by atoms with Crippen molar-refractivity contribution >= 4 is 11.6 Å². The lowest BCUT2D eigenvalue weighted by atomic mass is 9.84. The Kier molecular flexibility index (Phi) is 5.29. The van der Waals surface area contributed by atoms with Gasteiger partial charge < -0.3 is 24.3 Å². The molecule has 0 saturated heterocycles. The van der Waals surface area contributed by atoms with E-state index in [9.17, 15) is 0 Å². The number of rotatable bonds is 5. The van der Waals surface area contributed by atoms with E-state index in [0.29, 0.717) is 23.2 Å². The summed E-state index contributed by atoms with van der Waals surface area (Å²) in [6, 6.07) is 20.1. The standard InChI is InChI=1S/C28H26N4O4/c1-16-9-11-17(12-10-16)25-23-24(31-28-29-15-30-32(25)28)19-7-5-6-8-20(19)36-26(23)18-13-21(33-2)27(35-4)22(14-18)34-3/h5-15,25-26H,1-4H3,(H,29,30,31)/t25-,26-/m1/s1. The zero-order valence-corrected chi connectivity index (χ0v) is 20.5. The van der Waals surface area contributed by atoms with Crippen LogP contribution in [-0.2, 0) is 0 Å². The van der Waals surface area contributed by atoms with E-state index in [1.807, 2.05) is 35.0 Å². The molecule has 8 heteroatoms. The number of aromatic nitrogens is 3. The van der Waals surface area contributed by atoms with Gasteiger partial charge in [-0.25, -0.2) is 4.68 Å². The van der Waals surface area contributed by atoms with Crippen molar-refractivity contribution in [1.82, 2.24) is 14.8 Å². The van der Waals surface area contributed by atoms with Gasteiger partial charge >= 0.3 is 0 Å². The van der Waals surface area contributed by atoms with Crippen molar-refractivity contribution in [3.63, 3.8) is 0 Å². The monoisotopic (exact) mass is 482 g/mol. The molecule has 1 aromatic heterocycles. The molecule has 0 aliphatic carbocycles. The molecule has 4 aromatic rings. The van der Waals surface area contributed by atoms with Crippen LogP contribution in [0.15, 0.2) is 72.6 Å².